The lowest BCUT2D eigenvalue weighted by Gasteiger charge is -2.31. The van der Waals surface area contributed by atoms with Gasteiger partial charge in [0.2, 0.25) is 6.17 Å². The summed E-state index contributed by atoms with van der Waals surface area (Å²) in [5.41, 5.74) is 3.99. The molecule has 0 spiro atoms. The van der Waals surface area contributed by atoms with Crippen LogP contribution in [-0.4, -0.2) is 22.1 Å². The quantitative estimate of drug-likeness (QED) is 0.840. The third kappa shape index (κ3) is 3.38. The largest absolute Gasteiger partial charge is 0.294 e. The van der Waals surface area contributed by atoms with Crippen molar-refractivity contribution in [1.29, 1.82) is 0 Å². The van der Waals surface area contributed by atoms with Gasteiger partial charge in [0, 0.05) is 29.2 Å². The van der Waals surface area contributed by atoms with Crippen molar-refractivity contribution in [3.63, 3.8) is 0 Å². The Morgan fingerprint density at radius 1 is 1.15 bits per heavy atom. The smallest absolute Gasteiger partial charge is 0.276 e. The summed E-state index contributed by atoms with van der Waals surface area (Å²) in [4.78, 5) is 15.7. The molecule has 0 bridgehead atoms. The van der Waals surface area contributed by atoms with Crippen LogP contribution in [0, 0.1) is 11.6 Å². The fraction of sp³-hybridized carbons (Fsp3) is 0.111. The van der Waals surface area contributed by atoms with Crippen LogP contribution in [0.3, 0.4) is 0 Å². The van der Waals surface area contributed by atoms with Crippen LogP contribution in [0.4, 0.5) is 14.5 Å². The lowest BCUT2D eigenvalue weighted by atomic mass is 10.2. The van der Waals surface area contributed by atoms with Crippen molar-refractivity contribution in [2.75, 3.05) is 4.90 Å². The zero-order chi connectivity index (χ0) is 19.0. The van der Waals surface area contributed by atoms with Gasteiger partial charge in [-0.3, -0.25) is 20.0 Å². The van der Waals surface area contributed by atoms with E-state index in [0.29, 0.717) is 15.9 Å². The highest BCUT2D eigenvalue weighted by Gasteiger charge is 2.38. The van der Waals surface area contributed by atoms with Crippen LogP contribution in [0.1, 0.15) is 5.56 Å². The molecular weight excluding hydrogens is 394 g/mol. The van der Waals surface area contributed by atoms with E-state index in [0.717, 1.165) is 17.7 Å². The molecule has 0 saturated heterocycles. The minimum atomic E-state index is -1.01. The molecule has 1 amide bonds. The molecule has 9 heteroatoms. The number of halogens is 3. The monoisotopic (exact) mass is 406 g/mol. The second-order valence-electron chi connectivity index (χ2n) is 5.82. The van der Waals surface area contributed by atoms with Gasteiger partial charge in [-0.05, 0) is 23.8 Å². The average Bonchev–Trinajstić information content (AvgIpc) is 3.08. The van der Waals surface area contributed by atoms with E-state index >= 15 is 0 Å². The molecule has 0 saturated carbocycles. The predicted octanol–water partition coefficient (Wildman–Crippen LogP) is 3.87. The highest BCUT2D eigenvalue weighted by atomic mass is 35.5. The van der Waals surface area contributed by atoms with Crippen LogP contribution in [0.5, 0.6) is 0 Å². The molecule has 2 aliphatic rings. The van der Waals surface area contributed by atoms with Gasteiger partial charge in [0.1, 0.15) is 0 Å². The highest BCUT2D eigenvalue weighted by Crippen LogP contribution is 2.29. The second-order valence-corrected chi connectivity index (χ2v) is 7.17. The number of nitrogens with zero attached hydrogens (tertiary/aromatic N) is 3. The maximum absolute atomic E-state index is 13.5. The zero-order valence-corrected chi connectivity index (χ0v) is 15.3. The number of nitrogens with one attached hydrogen (secondary N) is 1. The first-order valence-corrected chi connectivity index (χ1v) is 9.35. The van der Waals surface area contributed by atoms with Gasteiger partial charge < -0.3 is 0 Å². The molecule has 1 atom stereocenters. The molecule has 1 unspecified atom stereocenters. The zero-order valence-electron chi connectivity index (χ0n) is 13.8. The fourth-order valence-corrected chi connectivity index (χ4v) is 3.98. The summed E-state index contributed by atoms with van der Waals surface area (Å²) in [6, 6.07) is 10.8. The molecule has 0 radical (unpaired) electrons. The lowest BCUT2D eigenvalue weighted by molar-refractivity contribution is -0.122. The van der Waals surface area contributed by atoms with E-state index < -0.39 is 17.8 Å². The van der Waals surface area contributed by atoms with Crippen molar-refractivity contribution in [3.05, 3.63) is 77.1 Å². The average molecular weight is 407 g/mol. The molecule has 5 nitrogen and oxygen atoms in total. The number of hydrogen-bond acceptors (Lipinski definition) is 5. The van der Waals surface area contributed by atoms with Crippen molar-refractivity contribution in [2.24, 2.45) is 5.10 Å². The van der Waals surface area contributed by atoms with Crippen molar-refractivity contribution < 1.29 is 13.6 Å². The standard InChI is InChI=1S/C18H13ClF2N4OS/c19-13-4-2-1-3-11(13)10-27-18-23-22-16-17(26)24(7-8-25(16)18)12-5-6-14(20)15(21)9-12/h1-9,16,22H,10H2. The summed E-state index contributed by atoms with van der Waals surface area (Å²) in [5.74, 6) is -1.73. The third-order valence-corrected chi connectivity index (χ3v) is 5.51. The summed E-state index contributed by atoms with van der Waals surface area (Å²) >= 11 is 7.60. The maximum Gasteiger partial charge on any atom is 0.276 e. The van der Waals surface area contributed by atoms with Gasteiger partial charge in [-0.1, -0.05) is 41.6 Å². The van der Waals surface area contributed by atoms with Gasteiger partial charge in [0.05, 0.1) is 5.69 Å². The molecule has 2 aromatic carbocycles. The first-order chi connectivity index (χ1) is 13.0. The minimum Gasteiger partial charge on any atom is -0.294 e. The number of hydrogen-bond donors (Lipinski definition) is 1. The number of amidine groups is 1. The fourth-order valence-electron chi connectivity index (χ4n) is 2.73. The van der Waals surface area contributed by atoms with Gasteiger partial charge >= 0.3 is 0 Å². The van der Waals surface area contributed by atoms with E-state index in [1.165, 1.54) is 28.9 Å². The summed E-state index contributed by atoms with van der Waals surface area (Å²) in [6.45, 7) is 0. The van der Waals surface area contributed by atoms with Gasteiger partial charge in [0.25, 0.3) is 5.91 Å². The molecule has 1 N–H and O–H groups in total. The van der Waals surface area contributed by atoms with Gasteiger partial charge in [0.15, 0.2) is 16.8 Å². The van der Waals surface area contributed by atoms with E-state index in [4.69, 9.17) is 11.6 Å². The Bertz CT molecular complexity index is 968. The molecule has 2 aromatic rings. The van der Waals surface area contributed by atoms with Crippen LogP contribution >= 0.6 is 23.4 Å². The summed E-state index contributed by atoms with van der Waals surface area (Å²) in [5, 5.41) is 5.50. The number of carbonyl (C=O) groups excluding carboxylic acids is 1. The number of amides is 1. The van der Waals surface area contributed by atoms with E-state index in [1.807, 2.05) is 24.3 Å². The molecule has 2 heterocycles. The molecule has 138 valence electrons. The summed E-state index contributed by atoms with van der Waals surface area (Å²) < 4.78 is 26.6. The van der Waals surface area contributed by atoms with Gasteiger partial charge in [-0.25, -0.2) is 8.78 Å². The van der Waals surface area contributed by atoms with Crippen molar-refractivity contribution in [3.8, 4) is 0 Å². The summed E-state index contributed by atoms with van der Waals surface area (Å²) in [7, 11) is 0. The van der Waals surface area contributed by atoms with Crippen molar-refractivity contribution >= 4 is 40.1 Å². The van der Waals surface area contributed by atoms with E-state index in [1.54, 1.807) is 11.1 Å². The lowest BCUT2D eigenvalue weighted by Crippen LogP contribution is -2.52. The number of thioether (sulfide) groups is 1. The van der Waals surface area contributed by atoms with Crippen LogP contribution in [0.25, 0.3) is 0 Å². The molecule has 0 aromatic heterocycles. The Kier molecular flexibility index (Phi) is 4.75. The number of rotatable bonds is 3. The van der Waals surface area contributed by atoms with Crippen LogP contribution in [-0.2, 0) is 10.5 Å². The Morgan fingerprint density at radius 3 is 2.74 bits per heavy atom. The van der Waals surface area contributed by atoms with E-state index in [-0.39, 0.29) is 11.6 Å². The van der Waals surface area contributed by atoms with Crippen LogP contribution in [0.15, 0.2) is 60.0 Å². The summed E-state index contributed by atoms with van der Waals surface area (Å²) in [6.07, 6.45) is 2.44. The molecule has 27 heavy (non-hydrogen) atoms. The Morgan fingerprint density at radius 2 is 1.96 bits per heavy atom. The number of anilines is 1. The maximum atomic E-state index is 13.5. The molecule has 0 aliphatic carbocycles. The topological polar surface area (TPSA) is 47.9 Å². The highest BCUT2D eigenvalue weighted by molar-refractivity contribution is 8.13. The minimum absolute atomic E-state index is 0.244. The number of benzene rings is 2. The Labute approximate surface area is 163 Å². The van der Waals surface area contributed by atoms with E-state index in [9.17, 15) is 13.6 Å². The van der Waals surface area contributed by atoms with Crippen LogP contribution in [0.2, 0.25) is 5.02 Å². The van der Waals surface area contributed by atoms with Gasteiger partial charge in [-0.2, -0.15) is 5.10 Å². The Balaban J connectivity index is 1.49. The first kappa shape index (κ1) is 17.8. The number of hydrazone groups is 1. The number of carbonyl (C=O) groups is 1. The second kappa shape index (κ2) is 7.21. The van der Waals surface area contributed by atoms with Crippen LogP contribution < -0.4 is 10.3 Å². The first-order valence-electron chi connectivity index (χ1n) is 7.99. The molecular formula is C18H13ClF2N4OS. The molecule has 4 rings (SSSR count). The van der Waals surface area contributed by atoms with Gasteiger partial charge in [-0.15, -0.1) is 0 Å². The predicted molar refractivity (Wildman–Crippen MR) is 102 cm³/mol. The molecule has 0 fully saturated rings. The van der Waals surface area contributed by atoms with E-state index in [2.05, 4.69) is 10.5 Å². The van der Waals surface area contributed by atoms with Crippen molar-refractivity contribution in [2.45, 2.75) is 11.9 Å². The number of fused-ring (bicyclic) bond motifs is 1. The third-order valence-electron chi connectivity index (χ3n) is 4.13. The van der Waals surface area contributed by atoms with Crippen molar-refractivity contribution in [1.82, 2.24) is 10.3 Å². The molecule has 2 aliphatic heterocycles. The normalized spacial score (nSPS) is 18.4. The Hall–Kier alpha value is -2.58. The SMILES string of the molecule is O=C1C2NN=C(SCc3ccccc3Cl)N2C=CN1c1ccc(F)c(F)c1.